The van der Waals surface area contributed by atoms with Gasteiger partial charge in [-0.25, -0.2) is 9.78 Å². The van der Waals surface area contributed by atoms with Crippen molar-refractivity contribution in [2.75, 3.05) is 11.6 Å². The van der Waals surface area contributed by atoms with Crippen LogP contribution in [-0.4, -0.2) is 28.2 Å². The van der Waals surface area contributed by atoms with Gasteiger partial charge in [-0.1, -0.05) is 11.6 Å². The molecule has 0 atom stereocenters. The number of carboxylic acid groups (broad SMARTS) is 1. The first-order valence-electron chi connectivity index (χ1n) is 5.86. The zero-order valence-corrected chi connectivity index (χ0v) is 12.5. The highest BCUT2D eigenvalue weighted by Crippen LogP contribution is 2.23. The Labute approximate surface area is 130 Å². The summed E-state index contributed by atoms with van der Waals surface area (Å²) in [5.41, 5.74) is 0.857. The summed E-state index contributed by atoms with van der Waals surface area (Å²) < 4.78 is 0. The number of carboxylic acids is 1. The number of aromatic carboxylic acids is 1. The smallest absolute Gasteiger partial charge is 0.337 e. The molecular formula is C14H11ClN2O3S. The Morgan fingerprint density at radius 2 is 2.05 bits per heavy atom. The van der Waals surface area contributed by atoms with Crippen molar-refractivity contribution in [3.8, 4) is 0 Å². The van der Waals surface area contributed by atoms with Crippen molar-refractivity contribution in [2.45, 2.75) is 5.03 Å². The fraction of sp³-hybridized carbons (Fsp3) is 0.0714. The zero-order chi connectivity index (χ0) is 15.4. The molecule has 0 radical (unpaired) electrons. The summed E-state index contributed by atoms with van der Waals surface area (Å²) in [6, 6.07) is 7.58. The summed E-state index contributed by atoms with van der Waals surface area (Å²) in [5, 5.41) is 12.3. The van der Waals surface area contributed by atoms with E-state index in [0.29, 0.717) is 16.3 Å². The number of thioether (sulfide) groups is 1. The number of hydrogen-bond acceptors (Lipinski definition) is 4. The Balaban J connectivity index is 2.24. The molecule has 0 aliphatic heterocycles. The van der Waals surface area contributed by atoms with Gasteiger partial charge in [0.15, 0.2) is 0 Å². The molecule has 1 aromatic carbocycles. The van der Waals surface area contributed by atoms with Crippen molar-refractivity contribution >= 4 is 40.9 Å². The number of rotatable bonds is 4. The lowest BCUT2D eigenvalue weighted by Gasteiger charge is -2.09. The molecular weight excluding hydrogens is 312 g/mol. The minimum Gasteiger partial charge on any atom is -0.478 e. The molecule has 1 aromatic heterocycles. The average Bonchev–Trinajstić information content (AvgIpc) is 2.46. The summed E-state index contributed by atoms with van der Waals surface area (Å²) in [7, 11) is 0. The first kappa shape index (κ1) is 15.3. The van der Waals surface area contributed by atoms with Gasteiger partial charge in [0.05, 0.1) is 16.1 Å². The minimum atomic E-state index is -1.12. The van der Waals surface area contributed by atoms with Crippen LogP contribution in [0.5, 0.6) is 0 Å². The summed E-state index contributed by atoms with van der Waals surface area (Å²) in [4.78, 5) is 27.2. The van der Waals surface area contributed by atoms with Crippen LogP contribution in [0.2, 0.25) is 5.02 Å². The van der Waals surface area contributed by atoms with Gasteiger partial charge in [-0.3, -0.25) is 4.79 Å². The summed E-state index contributed by atoms with van der Waals surface area (Å²) >= 11 is 7.23. The number of halogens is 1. The van der Waals surface area contributed by atoms with Gasteiger partial charge in [0, 0.05) is 11.9 Å². The van der Waals surface area contributed by atoms with Gasteiger partial charge in [0.2, 0.25) is 0 Å². The van der Waals surface area contributed by atoms with E-state index in [1.807, 2.05) is 6.26 Å². The third kappa shape index (κ3) is 3.53. The predicted molar refractivity (Wildman–Crippen MR) is 82.4 cm³/mol. The third-order valence-corrected chi connectivity index (χ3v) is 3.69. The van der Waals surface area contributed by atoms with Gasteiger partial charge in [-0.05, 0) is 36.6 Å². The average molecular weight is 323 g/mol. The molecule has 5 nitrogen and oxygen atoms in total. The molecule has 108 valence electrons. The van der Waals surface area contributed by atoms with Crippen molar-refractivity contribution < 1.29 is 14.7 Å². The van der Waals surface area contributed by atoms with Crippen molar-refractivity contribution in [1.29, 1.82) is 0 Å². The molecule has 0 unspecified atom stereocenters. The number of benzene rings is 1. The molecule has 0 saturated heterocycles. The molecule has 0 aliphatic rings. The van der Waals surface area contributed by atoms with Crippen molar-refractivity contribution in [3.63, 3.8) is 0 Å². The number of amides is 1. The predicted octanol–water partition coefficient (Wildman–Crippen LogP) is 3.41. The Bertz CT molecular complexity index is 706. The largest absolute Gasteiger partial charge is 0.478 e. The Morgan fingerprint density at radius 3 is 2.67 bits per heavy atom. The minimum absolute atomic E-state index is 0.0131. The van der Waals surface area contributed by atoms with Crippen LogP contribution in [0, 0.1) is 0 Å². The maximum atomic E-state index is 12.2. The quantitative estimate of drug-likeness (QED) is 0.843. The number of aromatic nitrogens is 1. The highest BCUT2D eigenvalue weighted by molar-refractivity contribution is 7.98. The van der Waals surface area contributed by atoms with Gasteiger partial charge in [0.1, 0.15) is 5.03 Å². The molecule has 0 spiro atoms. The van der Waals surface area contributed by atoms with Crippen LogP contribution in [0.15, 0.2) is 41.6 Å². The van der Waals surface area contributed by atoms with E-state index in [0.717, 1.165) is 0 Å². The molecule has 0 bridgehead atoms. The van der Waals surface area contributed by atoms with Crippen molar-refractivity contribution in [3.05, 3.63) is 52.7 Å². The van der Waals surface area contributed by atoms with Crippen LogP contribution in [0.3, 0.4) is 0 Å². The Kier molecular flexibility index (Phi) is 4.82. The van der Waals surface area contributed by atoms with Gasteiger partial charge in [-0.2, -0.15) is 0 Å². The zero-order valence-electron chi connectivity index (χ0n) is 11.0. The highest BCUT2D eigenvalue weighted by atomic mass is 35.5. The molecule has 2 rings (SSSR count). The van der Waals surface area contributed by atoms with Gasteiger partial charge < -0.3 is 10.4 Å². The number of anilines is 1. The molecule has 21 heavy (non-hydrogen) atoms. The standard InChI is InChI=1S/C14H11ClN2O3S/c1-21-13-10(3-2-6-16-13)12(18)17-8-4-5-9(14(19)20)11(15)7-8/h2-7H,1H3,(H,17,18)(H,19,20). The number of nitrogens with zero attached hydrogens (tertiary/aromatic N) is 1. The molecule has 7 heteroatoms. The number of carbonyl (C=O) groups excluding carboxylic acids is 1. The van der Waals surface area contributed by atoms with Crippen LogP contribution in [0.1, 0.15) is 20.7 Å². The van der Waals surface area contributed by atoms with Crippen LogP contribution < -0.4 is 5.32 Å². The second-order valence-corrected chi connectivity index (χ2v) is 5.22. The summed E-state index contributed by atoms with van der Waals surface area (Å²) in [5.74, 6) is -1.44. The van der Waals surface area contributed by atoms with Gasteiger partial charge >= 0.3 is 5.97 Å². The molecule has 2 aromatic rings. The normalized spacial score (nSPS) is 10.2. The monoisotopic (exact) mass is 322 g/mol. The lowest BCUT2D eigenvalue weighted by atomic mass is 10.2. The lowest BCUT2D eigenvalue weighted by molar-refractivity contribution is 0.0697. The van der Waals surface area contributed by atoms with E-state index in [-0.39, 0.29) is 16.5 Å². The van der Waals surface area contributed by atoms with E-state index >= 15 is 0 Å². The van der Waals surface area contributed by atoms with Gasteiger partial charge in [0.25, 0.3) is 5.91 Å². The topological polar surface area (TPSA) is 79.3 Å². The molecule has 0 aliphatic carbocycles. The van der Waals surface area contributed by atoms with Crippen LogP contribution in [-0.2, 0) is 0 Å². The number of pyridine rings is 1. The maximum absolute atomic E-state index is 12.2. The molecule has 1 heterocycles. The summed E-state index contributed by atoms with van der Waals surface area (Å²) in [6.45, 7) is 0. The first-order valence-corrected chi connectivity index (χ1v) is 7.46. The third-order valence-electron chi connectivity index (χ3n) is 2.67. The summed E-state index contributed by atoms with van der Waals surface area (Å²) in [6.07, 6.45) is 3.44. The number of hydrogen-bond donors (Lipinski definition) is 2. The number of nitrogens with one attached hydrogen (secondary N) is 1. The van der Waals surface area contributed by atoms with Crippen LogP contribution in [0.25, 0.3) is 0 Å². The second kappa shape index (κ2) is 6.60. The van der Waals surface area contributed by atoms with Gasteiger partial charge in [-0.15, -0.1) is 11.8 Å². The fourth-order valence-corrected chi connectivity index (χ4v) is 2.50. The maximum Gasteiger partial charge on any atom is 0.337 e. The molecule has 0 saturated carbocycles. The fourth-order valence-electron chi connectivity index (χ4n) is 1.69. The molecule has 0 fully saturated rings. The van der Waals surface area contributed by atoms with Crippen molar-refractivity contribution in [1.82, 2.24) is 4.98 Å². The lowest BCUT2D eigenvalue weighted by Crippen LogP contribution is -2.13. The molecule has 1 amide bonds. The van der Waals surface area contributed by atoms with E-state index in [9.17, 15) is 9.59 Å². The Morgan fingerprint density at radius 1 is 1.29 bits per heavy atom. The van der Waals surface area contributed by atoms with E-state index in [1.165, 1.54) is 30.0 Å². The Hall–Kier alpha value is -2.05. The second-order valence-electron chi connectivity index (χ2n) is 4.01. The SMILES string of the molecule is CSc1ncccc1C(=O)Nc1ccc(C(=O)O)c(Cl)c1. The first-order chi connectivity index (χ1) is 10.0. The van der Waals surface area contributed by atoms with E-state index in [4.69, 9.17) is 16.7 Å². The molecule has 2 N–H and O–H groups in total. The van der Waals surface area contributed by atoms with E-state index in [1.54, 1.807) is 18.3 Å². The van der Waals surface area contributed by atoms with Crippen molar-refractivity contribution in [2.24, 2.45) is 0 Å². The highest BCUT2D eigenvalue weighted by Gasteiger charge is 2.14. The van der Waals surface area contributed by atoms with E-state index < -0.39 is 5.97 Å². The van der Waals surface area contributed by atoms with Crippen LogP contribution >= 0.6 is 23.4 Å². The van der Waals surface area contributed by atoms with Crippen LogP contribution in [0.4, 0.5) is 5.69 Å². The number of carbonyl (C=O) groups is 2. The van der Waals surface area contributed by atoms with E-state index in [2.05, 4.69) is 10.3 Å².